The lowest BCUT2D eigenvalue weighted by atomic mass is 10.1. The van der Waals surface area contributed by atoms with Crippen LogP contribution in [0.4, 0.5) is 0 Å². The van der Waals surface area contributed by atoms with Crippen LogP contribution in [0.5, 0.6) is 0 Å². The summed E-state index contributed by atoms with van der Waals surface area (Å²) in [5.74, 6) is 0.0287. The molecule has 1 aromatic carbocycles. The summed E-state index contributed by atoms with van der Waals surface area (Å²) in [7, 11) is 1.80. The molecule has 2 heterocycles. The molecule has 3 rings (SSSR count). The number of carbonyl (C=O) groups excluding carboxylic acids is 1. The first-order valence-electron chi connectivity index (χ1n) is 7.14. The van der Waals surface area contributed by atoms with E-state index in [1.165, 1.54) is 0 Å². The van der Waals surface area contributed by atoms with Gasteiger partial charge in [0.25, 0.3) is 0 Å². The Morgan fingerprint density at radius 1 is 1.41 bits per heavy atom. The van der Waals surface area contributed by atoms with Gasteiger partial charge in [0, 0.05) is 50.4 Å². The predicted molar refractivity (Wildman–Crippen MR) is 80.4 cm³/mol. The summed E-state index contributed by atoms with van der Waals surface area (Å²) in [6.45, 7) is 1.37. The van der Waals surface area contributed by atoms with E-state index in [1.54, 1.807) is 42.4 Å². The summed E-state index contributed by atoms with van der Waals surface area (Å²) >= 11 is 0. The van der Waals surface area contributed by atoms with E-state index in [-0.39, 0.29) is 17.4 Å². The molecule has 2 aromatic rings. The van der Waals surface area contributed by atoms with Crippen LogP contribution in [0.25, 0.3) is 11.4 Å². The van der Waals surface area contributed by atoms with Crippen LogP contribution in [0.2, 0.25) is 0 Å². The van der Waals surface area contributed by atoms with Crippen LogP contribution < -0.4 is 0 Å². The molecular formula is C16H17N3O3. The number of rotatable bonds is 4. The summed E-state index contributed by atoms with van der Waals surface area (Å²) in [5.41, 5.74) is 0.826. The van der Waals surface area contributed by atoms with Crippen molar-refractivity contribution in [1.29, 1.82) is 0 Å². The number of benzene rings is 1. The molecule has 1 saturated heterocycles. The minimum Gasteiger partial charge on any atom is -0.478 e. The number of aromatic carboxylic acids is 1. The highest BCUT2D eigenvalue weighted by atomic mass is 16.4. The van der Waals surface area contributed by atoms with Crippen LogP contribution >= 0.6 is 0 Å². The van der Waals surface area contributed by atoms with Gasteiger partial charge in [-0.15, -0.1) is 0 Å². The van der Waals surface area contributed by atoms with Gasteiger partial charge in [-0.3, -0.25) is 4.79 Å². The van der Waals surface area contributed by atoms with Gasteiger partial charge in [0.1, 0.15) is 5.82 Å². The molecule has 1 N–H and O–H groups in total. The normalized spacial score (nSPS) is 18.0. The topological polar surface area (TPSA) is 75.4 Å². The molecule has 0 spiro atoms. The molecule has 1 atom stereocenters. The quantitative estimate of drug-likeness (QED) is 0.933. The number of carbonyl (C=O) groups is 2. The van der Waals surface area contributed by atoms with E-state index in [0.29, 0.717) is 24.4 Å². The van der Waals surface area contributed by atoms with Crippen molar-refractivity contribution in [3.63, 3.8) is 0 Å². The molecule has 1 aliphatic rings. The molecule has 1 aromatic heterocycles. The van der Waals surface area contributed by atoms with Gasteiger partial charge in [0.15, 0.2) is 0 Å². The fraction of sp³-hybridized carbons (Fsp3) is 0.312. The molecule has 22 heavy (non-hydrogen) atoms. The van der Waals surface area contributed by atoms with Gasteiger partial charge in [-0.25, -0.2) is 9.78 Å². The first-order chi connectivity index (χ1) is 10.6. The molecule has 0 bridgehead atoms. The summed E-state index contributed by atoms with van der Waals surface area (Å²) in [6.07, 6.45) is 4.01. The molecule has 114 valence electrons. The number of aromatic nitrogens is 2. The zero-order valence-corrected chi connectivity index (χ0v) is 12.3. The van der Waals surface area contributed by atoms with E-state index < -0.39 is 5.97 Å². The van der Waals surface area contributed by atoms with Crippen LogP contribution in [0.15, 0.2) is 36.7 Å². The van der Waals surface area contributed by atoms with Gasteiger partial charge in [-0.2, -0.15) is 0 Å². The lowest BCUT2D eigenvalue weighted by molar-refractivity contribution is -0.126. The molecule has 0 saturated carbocycles. The largest absolute Gasteiger partial charge is 0.478 e. The second-order valence-electron chi connectivity index (χ2n) is 5.60. The summed E-state index contributed by atoms with van der Waals surface area (Å²) < 4.78 is 1.93. The summed E-state index contributed by atoms with van der Waals surface area (Å²) in [6, 6.07) is 6.83. The van der Waals surface area contributed by atoms with E-state index in [2.05, 4.69) is 4.98 Å². The SMILES string of the molecule is CN1CC(Cn2ccnc2-c2ccccc2C(=O)O)CC1=O. The van der Waals surface area contributed by atoms with Crippen LogP contribution in [-0.2, 0) is 11.3 Å². The van der Waals surface area contributed by atoms with Gasteiger partial charge in [0.05, 0.1) is 5.56 Å². The van der Waals surface area contributed by atoms with Gasteiger partial charge in [-0.1, -0.05) is 18.2 Å². The highest BCUT2D eigenvalue weighted by Crippen LogP contribution is 2.25. The Balaban J connectivity index is 1.90. The maximum atomic E-state index is 11.6. The lowest BCUT2D eigenvalue weighted by Gasteiger charge is -2.14. The van der Waals surface area contributed by atoms with E-state index in [0.717, 1.165) is 6.54 Å². The standard InChI is InChI=1S/C16H17N3O3/c1-18-9-11(8-14(18)20)10-19-7-6-17-15(19)12-4-2-3-5-13(12)16(21)22/h2-7,11H,8-10H2,1H3,(H,21,22). The van der Waals surface area contributed by atoms with Crippen LogP contribution in [0.1, 0.15) is 16.8 Å². The molecule has 0 radical (unpaired) electrons. The minimum absolute atomic E-state index is 0.151. The maximum Gasteiger partial charge on any atom is 0.336 e. The minimum atomic E-state index is -0.971. The molecule has 6 heteroatoms. The second kappa shape index (κ2) is 5.63. The number of hydrogen-bond acceptors (Lipinski definition) is 3. The van der Waals surface area contributed by atoms with Gasteiger partial charge in [0.2, 0.25) is 5.91 Å². The number of likely N-dealkylation sites (tertiary alicyclic amines) is 1. The maximum absolute atomic E-state index is 11.6. The highest BCUT2D eigenvalue weighted by Gasteiger charge is 2.27. The third-order valence-electron chi connectivity index (χ3n) is 3.99. The van der Waals surface area contributed by atoms with Crippen molar-refractivity contribution in [1.82, 2.24) is 14.5 Å². The number of carboxylic acids is 1. The van der Waals surface area contributed by atoms with Crippen molar-refractivity contribution < 1.29 is 14.7 Å². The Kier molecular flexibility index (Phi) is 3.66. The van der Waals surface area contributed by atoms with Crippen molar-refractivity contribution in [2.24, 2.45) is 5.92 Å². The average Bonchev–Trinajstić information content (AvgIpc) is 3.06. The van der Waals surface area contributed by atoms with Gasteiger partial charge in [-0.05, 0) is 6.07 Å². The first-order valence-corrected chi connectivity index (χ1v) is 7.14. The molecule has 1 fully saturated rings. The summed E-state index contributed by atoms with van der Waals surface area (Å²) in [5, 5.41) is 9.32. The van der Waals surface area contributed by atoms with Crippen LogP contribution in [0, 0.1) is 5.92 Å². The van der Waals surface area contributed by atoms with Gasteiger partial charge < -0.3 is 14.6 Å². The molecule has 6 nitrogen and oxygen atoms in total. The van der Waals surface area contributed by atoms with Crippen molar-refractivity contribution in [2.45, 2.75) is 13.0 Å². The van der Waals surface area contributed by atoms with Crippen LogP contribution in [0.3, 0.4) is 0 Å². The summed E-state index contributed by atoms with van der Waals surface area (Å²) in [4.78, 5) is 29.0. The Morgan fingerprint density at radius 2 is 2.18 bits per heavy atom. The van der Waals surface area contributed by atoms with Crippen LogP contribution in [-0.4, -0.2) is 45.0 Å². The van der Waals surface area contributed by atoms with Crippen molar-refractivity contribution in [3.05, 3.63) is 42.2 Å². The second-order valence-corrected chi connectivity index (χ2v) is 5.60. The molecule has 1 amide bonds. The Hall–Kier alpha value is -2.63. The van der Waals surface area contributed by atoms with E-state index in [4.69, 9.17) is 0 Å². The highest BCUT2D eigenvalue weighted by molar-refractivity contribution is 5.95. The number of hydrogen-bond donors (Lipinski definition) is 1. The third-order valence-corrected chi connectivity index (χ3v) is 3.99. The number of nitrogens with zero attached hydrogens (tertiary/aromatic N) is 3. The fourth-order valence-corrected chi connectivity index (χ4v) is 2.92. The molecule has 0 aliphatic carbocycles. The van der Waals surface area contributed by atoms with Crippen molar-refractivity contribution in [2.75, 3.05) is 13.6 Å². The lowest BCUT2D eigenvalue weighted by Crippen LogP contribution is -2.20. The fourth-order valence-electron chi connectivity index (χ4n) is 2.92. The van der Waals surface area contributed by atoms with Gasteiger partial charge >= 0.3 is 5.97 Å². The van der Waals surface area contributed by atoms with E-state index in [9.17, 15) is 14.7 Å². The van der Waals surface area contributed by atoms with Crippen molar-refractivity contribution in [3.8, 4) is 11.4 Å². The molecule has 1 aliphatic heterocycles. The number of imidazole rings is 1. The van der Waals surface area contributed by atoms with Crippen molar-refractivity contribution >= 4 is 11.9 Å². The Labute approximate surface area is 128 Å². The number of amides is 1. The molecule has 1 unspecified atom stereocenters. The predicted octanol–water partition coefficient (Wildman–Crippen LogP) is 1.73. The van der Waals surface area contributed by atoms with E-state index >= 15 is 0 Å². The Bertz CT molecular complexity index is 723. The average molecular weight is 299 g/mol. The zero-order valence-electron chi connectivity index (χ0n) is 12.3. The third kappa shape index (κ3) is 2.59. The smallest absolute Gasteiger partial charge is 0.336 e. The number of carboxylic acid groups (broad SMARTS) is 1. The molecular weight excluding hydrogens is 282 g/mol. The zero-order chi connectivity index (χ0) is 15.7. The van der Waals surface area contributed by atoms with E-state index in [1.807, 2.05) is 10.8 Å². The Morgan fingerprint density at radius 3 is 2.86 bits per heavy atom. The first kappa shape index (κ1) is 14.3. The monoisotopic (exact) mass is 299 g/mol.